The van der Waals surface area contributed by atoms with Crippen molar-refractivity contribution >= 4 is 72.0 Å². The van der Waals surface area contributed by atoms with Gasteiger partial charge in [-0.15, -0.1) is 0 Å². The van der Waals surface area contributed by atoms with Gasteiger partial charge in [0.1, 0.15) is 0 Å². The summed E-state index contributed by atoms with van der Waals surface area (Å²) in [6.07, 6.45) is 11.4. The van der Waals surface area contributed by atoms with E-state index in [1.807, 2.05) is 0 Å². The molecule has 0 N–H and O–H groups in total. The van der Waals surface area contributed by atoms with Crippen molar-refractivity contribution in [2.75, 3.05) is 9.80 Å². The second-order valence-corrected chi connectivity index (χ2v) is 20.1. The second kappa shape index (κ2) is 20.6. The summed E-state index contributed by atoms with van der Waals surface area (Å²) in [7, 11) is 0. The summed E-state index contributed by atoms with van der Waals surface area (Å²) in [4.78, 5) is 5.02. The van der Waals surface area contributed by atoms with Crippen LogP contribution in [0.3, 0.4) is 0 Å². The van der Waals surface area contributed by atoms with E-state index in [0.717, 1.165) is 54.4 Å². The average molecular weight is 975 g/mol. The summed E-state index contributed by atoms with van der Waals surface area (Å²) < 4.78 is 0. The monoisotopic (exact) mass is 974 g/mol. The Morgan fingerprint density at radius 2 is 0.803 bits per heavy atom. The van der Waals surface area contributed by atoms with Gasteiger partial charge in [0, 0.05) is 34.1 Å². The highest BCUT2D eigenvalue weighted by molar-refractivity contribution is 6.08. The van der Waals surface area contributed by atoms with Crippen molar-refractivity contribution in [3.63, 3.8) is 0 Å². The van der Waals surface area contributed by atoms with Crippen LogP contribution in [0.15, 0.2) is 273 Å². The van der Waals surface area contributed by atoms with Crippen LogP contribution in [-0.2, 0) is 32.1 Å². The fourth-order valence-corrected chi connectivity index (χ4v) is 12.1. The first kappa shape index (κ1) is 46.5. The van der Waals surface area contributed by atoms with E-state index in [9.17, 15) is 0 Å². The van der Waals surface area contributed by atoms with Crippen LogP contribution in [0.1, 0.15) is 40.3 Å². The molecule has 11 aromatic carbocycles. The third-order valence-electron chi connectivity index (χ3n) is 15.7. The molecular formula is C74H58N2. The molecule has 2 aliphatic rings. The fourth-order valence-electron chi connectivity index (χ4n) is 12.1. The van der Waals surface area contributed by atoms with E-state index in [1.165, 1.54) is 105 Å². The summed E-state index contributed by atoms with van der Waals surface area (Å²) in [5.74, 6) is 0. The van der Waals surface area contributed by atoms with Crippen molar-refractivity contribution in [2.24, 2.45) is 0 Å². The second-order valence-electron chi connectivity index (χ2n) is 20.1. The molecule has 0 radical (unpaired) electrons. The molecule has 0 bridgehead atoms. The summed E-state index contributed by atoms with van der Waals surface area (Å²) in [6, 6.07) is 95.2. The first-order valence-electron chi connectivity index (χ1n) is 26.9. The van der Waals surface area contributed by atoms with E-state index in [0.29, 0.717) is 0 Å². The van der Waals surface area contributed by atoms with E-state index in [2.05, 4.69) is 290 Å². The van der Waals surface area contributed by atoms with Gasteiger partial charge in [0.05, 0.1) is 0 Å². The molecule has 0 spiro atoms. The molecule has 13 rings (SSSR count). The van der Waals surface area contributed by atoms with Gasteiger partial charge in [-0.25, -0.2) is 0 Å². The molecule has 0 unspecified atom stereocenters. The van der Waals surface area contributed by atoms with Gasteiger partial charge in [-0.1, -0.05) is 224 Å². The van der Waals surface area contributed by atoms with Crippen molar-refractivity contribution in [1.82, 2.24) is 0 Å². The first-order valence-corrected chi connectivity index (χ1v) is 26.9. The number of nitrogens with zero attached hydrogens (tertiary/aromatic N) is 2. The highest BCUT2D eigenvalue weighted by atomic mass is 15.2. The molecule has 0 saturated carbocycles. The Morgan fingerprint density at radius 3 is 1.41 bits per heavy atom. The predicted molar refractivity (Wildman–Crippen MR) is 325 cm³/mol. The number of allylic oxidation sites excluding steroid dienone is 4. The predicted octanol–water partition coefficient (Wildman–Crippen LogP) is 19.9. The van der Waals surface area contributed by atoms with Gasteiger partial charge < -0.3 is 9.80 Å². The quantitative estimate of drug-likeness (QED) is 0.140. The van der Waals surface area contributed by atoms with Gasteiger partial charge >= 0.3 is 0 Å². The van der Waals surface area contributed by atoms with Crippen molar-refractivity contribution in [3.05, 3.63) is 306 Å². The number of fused-ring (bicyclic) bond motifs is 7. The highest BCUT2D eigenvalue weighted by Gasteiger charge is 2.25. The SMILES string of the molecule is C/C=C\C=C(/Cc1cccc2ccccc12)c1cccc(N2c3ccccc3CCc3ccccc32)ccc(-c2ccccc2-c2cccc3ccccc23)c2ccc(N3c4ccccc4CCc4ccccc43)cc12. The van der Waals surface area contributed by atoms with E-state index < -0.39 is 0 Å². The summed E-state index contributed by atoms with van der Waals surface area (Å²) in [5.41, 5.74) is 20.9. The fraction of sp³-hybridized carbons (Fsp3) is 0.0811. The lowest BCUT2D eigenvalue weighted by atomic mass is 9.87. The van der Waals surface area contributed by atoms with Gasteiger partial charge in [-0.3, -0.25) is 0 Å². The minimum atomic E-state index is 0.728. The van der Waals surface area contributed by atoms with E-state index in [1.54, 1.807) is 0 Å². The maximum absolute atomic E-state index is 2.52. The van der Waals surface area contributed by atoms with Crippen molar-refractivity contribution in [3.8, 4) is 22.3 Å². The van der Waals surface area contributed by atoms with Gasteiger partial charge in [-0.05, 0) is 181 Å². The van der Waals surface area contributed by atoms with Crippen LogP contribution in [0.2, 0.25) is 0 Å². The topological polar surface area (TPSA) is 6.48 Å². The van der Waals surface area contributed by atoms with Gasteiger partial charge in [-0.2, -0.15) is 0 Å². The number of rotatable bonds is 8. The molecule has 0 fully saturated rings. The van der Waals surface area contributed by atoms with Crippen LogP contribution < -0.4 is 9.80 Å². The van der Waals surface area contributed by atoms with Crippen molar-refractivity contribution < 1.29 is 0 Å². The Bertz CT molecular complexity index is 4030. The molecule has 364 valence electrons. The van der Waals surface area contributed by atoms with Crippen LogP contribution in [0.5, 0.6) is 0 Å². The Hall–Kier alpha value is -9.24. The normalized spacial score (nSPS) is 13.1. The lowest BCUT2D eigenvalue weighted by Gasteiger charge is -2.28. The molecule has 0 saturated heterocycles. The lowest BCUT2D eigenvalue weighted by molar-refractivity contribution is 0.977. The van der Waals surface area contributed by atoms with Crippen molar-refractivity contribution in [2.45, 2.75) is 39.0 Å². The molecule has 2 heteroatoms. The smallest absolute Gasteiger partial charge is 0.0493 e. The van der Waals surface area contributed by atoms with E-state index in [4.69, 9.17) is 0 Å². The maximum atomic E-state index is 2.52. The summed E-state index contributed by atoms with van der Waals surface area (Å²) in [6.45, 7) is 2.12. The zero-order valence-electron chi connectivity index (χ0n) is 42.9. The Balaban J connectivity index is 1.17. The lowest BCUT2D eigenvalue weighted by Crippen LogP contribution is -2.11. The van der Waals surface area contributed by atoms with Crippen LogP contribution in [-0.4, -0.2) is 0 Å². The molecule has 0 aromatic heterocycles. The summed E-state index contributed by atoms with van der Waals surface area (Å²) in [5, 5.41) is 7.30. The standard InChI is InChI=1S/C74H58N2/c1-2-3-21-59(50-58-30-18-28-52-22-4-10-32-62(52)58)64-36-20-31-60(75-71-38-14-6-24-54(71)42-43-55-25-7-15-39-72(55)75)46-48-68(67-35-13-12-34-66(67)65-37-19-29-53-23-5-11-33-63(53)65)69-49-47-61(51-70(64)69)76-73-40-16-8-26-56(73)44-45-57-27-9-17-41-74(57)76/h2-41,46-49,51H,42-45,50H2,1H3/b3-2-,31-20?,36-20?,48-46?,59-21+,60-31?,60-46?,64-36?,68-48?,69-68?,70-64?. The Kier molecular flexibility index (Phi) is 12.6. The van der Waals surface area contributed by atoms with E-state index >= 15 is 0 Å². The molecule has 0 aliphatic carbocycles. The minimum Gasteiger partial charge on any atom is -0.310 e. The number of benzene rings is 10. The number of hydrogen-bond donors (Lipinski definition) is 0. The Labute approximate surface area is 447 Å². The number of para-hydroxylation sites is 4. The molecular weight excluding hydrogens is 917 g/mol. The Morgan fingerprint density at radius 1 is 0.355 bits per heavy atom. The molecule has 76 heavy (non-hydrogen) atoms. The number of hydrogen-bond acceptors (Lipinski definition) is 2. The highest BCUT2D eigenvalue weighted by Crippen LogP contribution is 2.47. The van der Waals surface area contributed by atoms with E-state index in [-0.39, 0.29) is 0 Å². The van der Waals surface area contributed by atoms with Gasteiger partial charge in [0.15, 0.2) is 0 Å². The van der Waals surface area contributed by atoms with Crippen LogP contribution in [0.25, 0.3) is 60.1 Å². The molecule has 0 atom stereocenters. The minimum absolute atomic E-state index is 0.728. The molecule has 11 aromatic rings. The molecule has 2 nitrogen and oxygen atoms in total. The number of aryl methyl sites for hydroxylation is 4. The average Bonchev–Trinajstić information content (AvgIpc) is 3.81. The van der Waals surface area contributed by atoms with Crippen molar-refractivity contribution in [1.29, 1.82) is 0 Å². The molecule has 0 amide bonds. The van der Waals surface area contributed by atoms with Gasteiger partial charge in [0.25, 0.3) is 0 Å². The maximum Gasteiger partial charge on any atom is 0.0493 e. The van der Waals surface area contributed by atoms with Crippen LogP contribution in [0.4, 0.5) is 34.1 Å². The zero-order valence-corrected chi connectivity index (χ0v) is 42.9. The largest absolute Gasteiger partial charge is 0.310 e. The third-order valence-corrected chi connectivity index (χ3v) is 15.7. The summed E-state index contributed by atoms with van der Waals surface area (Å²) >= 11 is 0. The third kappa shape index (κ3) is 8.72. The number of anilines is 6. The molecule has 2 aliphatic heterocycles. The van der Waals surface area contributed by atoms with Gasteiger partial charge in [0.2, 0.25) is 0 Å². The van der Waals surface area contributed by atoms with Crippen LogP contribution >= 0.6 is 0 Å². The first-order chi connectivity index (χ1) is 37.7. The van der Waals surface area contributed by atoms with Crippen LogP contribution in [0, 0.1) is 0 Å². The zero-order chi connectivity index (χ0) is 50.8. The molecule has 2 heterocycles.